The van der Waals surface area contributed by atoms with Gasteiger partial charge in [0.15, 0.2) is 11.6 Å². The van der Waals surface area contributed by atoms with Crippen molar-refractivity contribution in [2.24, 2.45) is 23.7 Å². The van der Waals surface area contributed by atoms with Gasteiger partial charge in [-0.15, -0.1) is 0 Å². The summed E-state index contributed by atoms with van der Waals surface area (Å²) in [5.41, 5.74) is 0. The summed E-state index contributed by atoms with van der Waals surface area (Å²) in [6, 6.07) is 0. The molecule has 0 bridgehead atoms. The van der Waals surface area contributed by atoms with E-state index in [1.807, 2.05) is 12.2 Å². The van der Waals surface area contributed by atoms with Crippen LogP contribution in [0.5, 0.6) is 0 Å². The number of ketones is 2. The van der Waals surface area contributed by atoms with Gasteiger partial charge in [0.2, 0.25) is 0 Å². The van der Waals surface area contributed by atoms with Crippen LogP contribution in [0.4, 0.5) is 0 Å². The Morgan fingerprint density at radius 2 is 1.25 bits per heavy atom. The van der Waals surface area contributed by atoms with Gasteiger partial charge in [-0.2, -0.15) is 0 Å². The highest BCUT2D eigenvalue weighted by Gasteiger charge is 2.57. The van der Waals surface area contributed by atoms with Crippen LogP contribution in [-0.4, -0.2) is 11.6 Å². The smallest absolute Gasteiger partial charge is 0.159 e. The minimum Gasteiger partial charge on any atom is -0.295 e. The lowest BCUT2D eigenvalue weighted by molar-refractivity contribution is -0.133. The molecular formula is C10H8O2. The number of hydrogen-bond donors (Lipinski definition) is 0. The minimum atomic E-state index is 0.109. The fourth-order valence-electron chi connectivity index (χ4n) is 2.69. The third kappa shape index (κ3) is 0.501. The molecule has 3 rings (SSSR count). The highest BCUT2D eigenvalue weighted by molar-refractivity contribution is 6.03. The van der Waals surface area contributed by atoms with Gasteiger partial charge in [0, 0.05) is 11.8 Å². The van der Waals surface area contributed by atoms with Crippen LogP contribution in [0, 0.1) is 23.7 Å². The molecule has 0 aromatic rings. The molecule has 0 unspecified atom stereocenters. The van der Waals surface area contributed by atoms with E-state index in [0.717, 1.165) is 0 Å². The molecule has 0 N–H and O–H groups in total. The summed E-state index contributed by atoms with van der Waals surface area (Å²) in [4.78, 5) is 22.5. The summed E-state index contributed by atoms with van der Waals surface area (Å²) in [7, 11) is 0. The van der Waals surface area contributed by atoms with Crippen LogP contribution >= 0.6 is 0 Å². The highest BCUT2D eigenvalue weighted by Crippen LogP contribution is 2.54. The molecular weight excluding hydrogens is 152 g/mol. The molecule has 0 atom stereocenters. The molecule has 0 spiro atoms. The molecule has 0 radical (unpaired) electrons. The second kappa shape index (κ2) is 1.76. The van der Waals surface area contributed by atoms with Gasteiger partial charge in [-0.05, 0) is 24.0 Å². The minimum absolute atomic E-state index is 0.109. The quantitative estimate of drug-likeness (QED) is 0.523. The highest BCUT2D eigenvalue weighted by atomic mass is 16.1. The molecule has 0 aliphatic heterocycles. The van der Waals surface area contributed by atoms with Crippen molar-refractivity contribution in [1.29, 1.82) is 0 Å². The first kappa shape index (κ1) is 6.35. The van der Waals surface area contributed by atoms with Crippen molar-refractivity contribution in [3.63, 3.8) is 0 Å². The summed E-state index contributed by atoms with van der Waals surface area (Å²) in [6.45, 7) is 0. The second-order valence-corrected chi connectivity index (χ2v) is 3.73. The van der Waals surface area contributed by atoms with Gasteiger partial charge in [-0.25, -0.2) is 0 Å². The van der Waals surface area contributed by atoms with Crippen LogP contribution < -0.4 is 0 Å². The van der Waals surface area contributed by atoms with Gasteiger partial charge in [0.1, 0.15) is 0 Å². The third-order valence-electron chi connectivity index (χ3n) is 3.28. The SMILES string of the molecule is O=C1C=CC2C1C1C=CC(=O)C21. The van der Waals surface area contributed by atoms with Crippen LogP contribution in [0.1, 0.15) is 0 Å². The molecule has 60 valence electrons. The zero-order valence-electron chi connectivity index (χ0n) is 6.44. The molecule has 3 aliphatic carbocycles. The van der Waals surface area contributed by atoms with Crippen molar-refractivity contribution in [2.75, 3.05) is 0 Å². The van der Waals surface area contributed by atoms with E-state index >= 15 is 0 Å². The molecule has 0 heterocycles. The molecule has 3 aliphatic rings. The van der Waals surface area contributed by atoms with Crippen molar-refractivity contribution in [2.45, 2.75) is 0 Å². The Balaban J connectivity index is 2.00. The normalized spacial score (nSPS) is 47.7. The molecule has 0 amide bonds. The Morgan fingerprint density at radius 1 is 0.833 bits per heavy atom. The molecule has 1 fully saturated rings. The zero-order valence-corrected chi connectivity index (χ0v) is 6.44. The van der Waals surface area contributed by atoms with Gasteiger partial charge >= 0.3 is 0 Å². The fraction of sp³-hybridized carbons (Fsp3) is 0.400. The summed E-state index contributed by atoms with van der Waals surface area (Å²) in [6.07, 6.45) is 7.07. The van der Waals surface area contributed by atoms with Crippen LogP contribution in [0.25, 0.3) is 0 Å². The molecule has 0 aromatic heterocycles. The Bertz CT molecular complexity index is 296. The molecule has 0 saturated heterocycles. The lowest BCUT2D eigenvalue weighted by Crippen LogP contribution is -2.46. The average Bonchev–Trinajstić information content (AvgIpc) is 2.41. The van der Waals surface area contributed by atoms with E-state index in [9.17, 15) is 9.59 Å². The van der Waals surface area contributed by atoms with Crippen LogP contribution in [0.2, 0.25) is 0 Å². The van der Waals surface area contributed by atoms with Gasteiger partial charge in [-0.3, -0.25) is 9.59 Å². The Morgan fingerprint density at radius 3 is 1.67 bits per heavy atom. The average molecular weight is 160 g/mol. The molecule has 0 aromatic carbocycles. The van der Waals surface area contributed by atoms with E-state index in [4.69, 9.17) is 0 Å². The van der Waals surface area contributed by atoms with Gasteiger partial charge < -0.3 is 0 Å². The van der Waals surface area contributed by atoms with E-state index in [2.05, 4.69) is 0 Å². The lowest BCUT2D eigenvalue weighted by Gasteiger charge is -2.41. The number of rotatable bonds is 0. The monoisotopic (exact) mass is 160 g/mol. The standard InChI is InChI=1S/C10H8O2/c11-7-3-1-5-9(7)6-2-4-8(12)10(5)6/h1-6,9-10H. The van der Waals surface area contributed by atoms with E-state index in [1.165, 1.54) is 0 Å². The second-order valence-electron chi connectivity index (χ2n) is 3.73. The van der Waals surface area contributed by atoms with Crippen LogP contribution in [0.3, 0.4) is 0 Å². The van der Waals surface area contributed by atoms with E-state index in [0.29, 0.717) is 0 Å². The number of carbonyl (C=O) groups excluding carboxylic acids is 2. The van der Waals surface area contributed by atoms with Crippen molar-refractivity contribution >= 4 is 11.6 Å². The molecule has 1 saturated carbocycles. The fourth-order valence-corrected chi connectivity index (χ4v) is 2.69. The number of carbonyl (C=O) groups is 2. The predicted molar refractivity (Wildman–Crippen MR) is 42.3 cm³/mol. The van der Waals surface area contributed by atoms with Crippen LogP contribution in [-0.2, 0) is 9.59 Å². The topological polar surface area (TPSA) is 34.1 Å². The Kier molecular flexibility index (Phi) is 0.932. The van der Waals surface area contributed by atoms with E-state index in [-0.39, 0.29) is 35.2 Å². The number of allylic oxidation sites excluding steroid dienone is 4. The van der Waals surface area contributed by atoms with Crippen molar-refractivity contribution in [3.8, 4) is 0 Å². The van der Waals surface area contributed by atoms with Gasteiger partial charge in [0.05, 0.1) is 0 Å². The summed E-state index contributed by atoms with van der Waals surface area (Å²) in [5, 5.41) is 0. The van der Waals surface area contributed by atoms with Gasteiger partial charge in [-0.1, -0.05) is 12.2 Å². The largest absolute Gasteiger partial charge is 0.295 e. The number of fused-ring (bicyclic) bond motifs is 4. The van der Waals surface area contributed by atoms with Crippen LogP contribution in [0.15, 0.2) is 24.3 Å². The van der Waals surface area contributed by atoms with Crippen molar-refractivity contribution in [1.82, 2.24) is 0 Å². The van der Waals surface area contributed by atoms with E-state index < -0.39 is 0 Å². The zero-order chi connectivity index (χ0) is 8.29. The number of hydrogen-bond acceptors (Lipinski definition) is 2. The summed E-state index contributed by atoms with van der Waals surface area (Å²) >= 11 is 0. The Labute approximate surface area is 70.0 Å². The molecule has 2 nitrogen and oxygen atoms in total. The Hall–Kier alpha value is -1.18. The van der Waals surface area contributed by atoms with E-state index in [1.54, 1.807) is 12.2 Å². The lowest BCUT2D eigenvalue weighted by atomic mass is 9.59. The molecule has 12 heavy (non-hydrogen) atoms. The first-order valence-electron chi connectivity index (χ1n) is 4.23. The first-order valence-corrected chi connectivity index (χ1v) is 4.23. The third-order valence-corrected chi connectivity index (χ3v) is 3.28. The first-order chi connectivity index (χ1) is 5.79. The van der Waals surface area contributed by atoms with Crippen molar-refractivity contribution < 1.29 is 9.59 Å². The maximum atomic E-state index is 11.3. The van der Waals surface area contributed by atoms with Crippen molar-refractivity contribution in [3.05, 3.63) is 24.3 Å². The summed E-state index contributed by atoms with van der Waals surface area (Å²) < 4.78 is 0. The molecule has 2 heteroatoms. The predicted octanol–water partition coefficient (Wildman–Crippen LogP) is 0.743. The maximum absolute atomic E-state index is 11.3. The summed E-state index contributed by atoms with van der Waals surface area (Å²) in [5.74, 6) is 1.09. The maximum Gasteiger partial charge on any atom is 0.159 e. The van der Waals surface area contributed by atoms with Gasteiger partial charge in [0.25, 0.3) is 0 Å².